The fraction of sp³-hybridized carbons (Fsp3) is 0.231. The van der Waals surface area contributed by atoms with E-state index in [1.165, 1.54) is 18.2 Å². The van der Waals surface area contributed by atoms with E-state index in [1.54, 1.807) is 19.5 Å². The number of carbonyl (C=O) groups excluding carboxylic acids is 1. The number of hydrogen-bond acceptors (Lipinski definition) is 7. The molecule has 186 valence electrons. The van der Waals surface area contributed by atoms with Crippen LogP contribution >= 0.6 is 0 Å². The van der Waals surface area contributed by atoms with Crippen LogP contribution < -0.4 is 26.0 Å². The van der Waals surface area contributed by atoms with E-state index >= 15 is 0 Å². The first-order valence-electron chi connectivity index (χ1n) is 11.6. The number of nitrogens with two attached hydrogens (primary N) is 1. The molecule has 0 radical (unpaired) electrons. The number of β-amino-alcohol motifs (C(OH)–C–C–N with tert-alkyl or cyclic N) is 1. The predicted octanol–water partition coefficient (Wildman–Crippen LogP) is 4.26. The number of rotatable bonds is 7. The number of H-pyrrole nitrogens is 1. The number of aromatic nitrogens is 2. The number of aromatic amines is 1. The summed E-state index contributed by atoms with van der Waals surface area (Å²) in [6.07, 6.45) is 4.71. The van der Waals surface area contributed by atoms with Crippen LogP contribution in [0.3, 0.4) is 0 Å². The number of hydrogen-bond donors (Lipinski definition) is 5. The van der Waals surface area contributed by atoms with Crippen molar-refractivity contribution >= 4 is 45.4 Å². The number of nitrogens with zero attached hydrogens (tertiary/aromatic N) is 2. The standard InChI is InChI=1S/C26H27FN6O3/c1-36-24-10-16(33-8-2-3-17(34)14-33)5-7-20(24)31-25-11-19-22(12-29-13-23(19)32-25)30-21-9-15(27)4-6-18(21)26(28)35/h4-7,9-13,17,30-32,34H,2-3,8,14H2,1H3,(H2,28,35)/t17-/m0/s1. The van der Waals surface area contributed by atoms with Crippen molar-refractivity contribution in [1.29, 1.82) is 0 Å². The van der Waals surface area contributed by atoms with Gasteiger partial charge in [-0.3, -0.25) is 9.78 Å². The lowest BCUT2D eigenvalue weighted by Crippen LogP contribution is -2.38. The lowest BCUT2D eigenvalue weighted by Gasteiger charge is -2.32. The summed E-state index contributed by atoms with van der Waals surface area (Å²) in [4.78, 5) is 21.5. The van der Waals surface area contributed by atoms with Gasteiger partial charge in [-0.05, 0) is 49.2 Å². The summed E-state index contributed by atoms with van der Waals surface area (Å²) in [6, 6.07) is 11.5. The van der Waals surface area contributed by atoms with Gasteiger partial charge in [0, 0.05) is 30.2 Å². The fourth-order valence-corrected chi connectivity index (χ4v) is 4.51. The summed E-state index contributed by atoms with van der Waals surface area (Å²) in [5.41, 5.74) is 8.95. The maximum Gasteiger partial charge on any atom is 0.250 e. The highest BCUT2D eigenvalue weighted by atomic mass is 19.1. The van der Waals surface area contributed by atoms with Gasteiger partial charge in [-0.25, -0.2) is 4.39 Å². The Labute approximate surface area is 207 Å². The summed E-state index contributed by atoms with van der Waals surface area (Å²) in [5, 5.41) is 17.2. The minimum Gasteiger partial charge on any atom is -0.494 e. The van der Waals surface area contributed by atoms with E-state index in [1.807, 2.05) is 24.3 Å². The molecule has 3 heterocycles. The zero-order valence-electron chi connectivity index (χ0n) is 19.7. The van der Waals surface area contributed by atoms with Crippen molar-refractivity contribution in [2.45, 2.75) is 18.9 Å². The number of methoxy groups -OCH3 is 1. The van der Waals surface area contributed by atoms with Crippen molar-refractivity contribution in [1.82, 2.24) is 9.97 Å². The van der Waals surface area contributed by atoms with Crippen molar-refractivity contribution in [3.63, 3.8) is 0 Å². The molecule has 1 fully saturated rings. The molecule has 0 bridgehead atoms. The molecule has 9 nitrogen and oxygen atoms in total. The van der Waals surface area contributed by atoms with Gasteiger partial charge in [-0.1, -0.05) is 0 Å². The number of carbonyl (C=O) groups is 1. The molecule has 0 unspecified atom stereocenters. The summed E-state index contributed by atoms with van der Waals surface area (Å²) in [7, 11) is 1.61. The van der Waals surface area contributed by atoms with Crippen LogP contribution in [0.15, 0.2) is 54.9 Å². The van der Waals surface area contributed by atoms with Gasteiger partial charge in [-0.15, -0.1) is 0 Å². The van der Waals surface area contributed by atoms with Gasteiger partial charge in [0.05, 0.1) is 53.7 Å². The molecule has 2 aromatic heterocycles. The smallest absolute Gasteiger partial charge is 0.250 e. The minimum absolute atomic E-state index is 0.174. The van der Waals surface area contributed by atoms with E-state index in [4.69, 9.17) is 10.5 Å². The number of aliphatic hydroxyl groups is 1. The number of fused-ring (bicyclic) bond motifs is 1. The third-order valence-electron chi connectivity index (χ3n) is 6.28. The Kier molecular flexibility index (Phi) is 6.34. The average Bonchev–Trinajstić information content (AvgIpc) is 3.28. The van der Waals surface area contributed by atoms with E-state index in [9.17, 15) is 14.3 Å². The molecule has 10 heteroatoms. The highest BCUT2D eigenvalue weighted by Crippen LogP contribution is 2.35. The van der Waals surface area contributed by atoms with Crippen LogP contribution in [0.1, 0.15) is 23.2 Å². The molecule has 1 aliphatic heterocycles. The first-order valence-corrected chi connectivity index (χ1v) is 11.6. The van der Waals surface area contributed by atoms with E-state index in [0.29, 0.717) is 23.8 Å². The number of benzene rings is 2. The molecule has 1 aliphatic rings. The second kappa shape index (κ2) is 9.74. The van der Waals surface area contributed by atoms with Crippen LogP contribution in [0.4, 0.5) is 33.0 Å². The van der Waals surface area contributed by atoms with Crippen LogP contribution in [0, 0.1) is 5.82 Å². The summed E-state index contributed by atoms with van der Waals surface area (Å²) in [5.74, 6) is 0.195. The topological polar surface area (TPSA) is 129 Å². The fourth-order valence-electron chi connectivity index (χ4n) is 4.51. The van der Waals surface area contributed by atoms with Crippen LogP contribution in [-0.4, -0.2) is 47.3 Å². The molecule has 36 heavy (non-hydrogen) atoms. The number of primary amides is 1. The van der Waals surface area contributed by atoms with E-state index < -0.39 is 11.7 Å². The van der Waals surface area contributed by atoms with E-state index in [0.717, 1.165) is 41.7 Å². The van der Waals surface area contributed by atoms with E-state index in [2.05, 4.69) is 25.5 Å². The zero-order chi connectivity index (χ0) is 25.2. The molecular weight excluding hydrogens is 463 g/mol. The monoisotopic (exact) mass is 490 g/mol. The molecule has 0 spiro atoms. The van der Waals surface area contributed by atoms with Crippen molar-refractivity contribution in [2.24, 2.45) is 5.73 Å². The molecule has 6 N–H and O–H groups in total. The highest BCUT2D eigenvalue weighted by Gasteiger charge is 2.19. The summed E-state index contributed by atoms with van der Waals surface area (Å²) < 4.78 is 19.5. The number of aliphatic hydroxyl groups excluding tert-OH is 1. The second-order valence-electron chi connectivity index (χ2n) is 8.76. The molecule has 2 aromatic carbocycles. The Bertz CT molecular complexity index is 1420. The lowest BCUT2D eigenvalue weighted by molar-refractivity contribution is 0.100. The quantitative estimate of drug-likeness (QED) is 0.262. The Balaban J connectivity index is 1.42. The van der Waals surface area contributed by atoms with Crippen molar-refractivity contribution < 1.29 is 19.0 Å². The molecule has 1 atom stereocenters. The van der Waals surface area contributed by atoms with Crippen molar-refractivity contribution in [2.75, 3.05) is 35.7 Å². The van der Waals surface area contributed by atoms with Gasteiger partial charge in [-0.2, -0.15) is 0 Å². The van der Waals surface area contributed by atoms with Gasteiger partial charge < -0.3 is 36.1 Å². The minimum atomic E-state index is -0.663. The number of nitrogens with one attached hydrogen (secondary N) is 3. The van der Waals surface area contributed by atoms with Gasteiger partial charge in [0.15, 0.2) is 0 Å². The number of piperidine rings is 1. The maximum atomic E-state index is 13.9. The number of anilines is 5. The second-order valence-corrected chi connectivity index (χ2v) is 8.76. The normalized spacial score (nSPS) is 15.6. The first-order chi connectivity index (χ1) is 17.4. The maximum absolute atomic E-state index is 13.9. The first kappa shape index (κ1) is 23.4. The van der Waals surface area contributed by atoms with E-state index in [-0.39, 0.29) is 17.4 Å². The SMILES string of the molecule is COc1cc(N2CCC[C@H](O)C2)ccc1Nc1cc2c(Nc3cc(F)ccc3C(N)=O)cncc2[nH]1. The summed E-state index contributed by atoms with van der Waals surface area (Å²) in [6.45, 7) is 1.49. The van der Waals surface area contributed by atoms with Crippen molar-refractivity contribution in [3.05, 3.63) is 66.2 Å². The average molecular weight is 491 g/mol. The van der Waals surface area contributed by atoms with Gasteiger partial charge >= 0.3 is 0 Å². The number of pyridine rings is 1. The molecular formula is C26H27FN6O3. The van der Waals surface area contributed by atoms with Gasteiger partial charge in [0.25, 0.3) is 5.91 Å². The zero-order valence-corrected chi connectivity index (χ0v) is 19.7. The molecule has 5 rings (SSSR count). The number of ether oxygens (including phenoxy) is 1. The number of halogens is 1. The molecule has 1 saturated heterocycles. The Morgan fingerprint density at radius 3 is 2.81 bits per heavy atom. The van der Waals surface area contributed by atoms with Gasteiger partial charge in [0.2, 0.25) is 0 Å². The lowest BCUT2D eigenvalue weighted by atomic mass is 10.1. The number of amides is 1. The highest BCUT2D eigenvalue weighted by molar-refractivity contribution is 6.02. The van der Waals surface area contributed by atoms with Crippen LogP contribution in [0.25, 0.3) is 10.9 Å². The Hall–Kier alpha value is -4.31. The van der Waals surface area contributed by atoms with Gasteiger partial charge in [0.1, 0.15) is 17.4 Å². The van der Waals surface area contributed by atoms with Crippen LogP contribution in [0.5, 0.6) is 5.75 Å². The molecule has 4 aromatic rings. The molecule has 0 aliphatic carbocycles. The summed E-state index contributed by atoms with van der Waals surface area (Å²) >= 11 is 0. The Morgan fingerprint density at radius 1 is 1.17 bits per heavy atom. The van der Waals surface area contributed by atoms with Crippen LogP contribution in [-0.2, 0) is 0 Å². The molecule has 1 amide bonds. The third kappa shape index (κ3) is 4.76. The van der Waals surface area contributed by atoms with Crippen molar-refractivity contribution in [3.8, 4) is 5.75 Å². The van der Waals surface area contributed by atoms with Crippen LogP contribution in [0.2, 0.25) is 0 Å². The third-order valence-corrected chi connectivity index (χ3v) is 6.28. The Morgan fingerprint density at radius 2 is 2.03 bits per heavy atom. The molecule has 0 saturated carbocycles. The predicted molar refractivity (Wildman–Crippen MR) is 138 cm³/mol. The largest absolute Gasteiger partial charge is 0.494 e.